The summed E-state index contributed by atoms with van der Waals surface area (Å²) < 4.78 is 5.17. The van der Waals surface area contributed by atoms with Crippen LogP contribution in [0.1, 0.15) is 28.4 Å². The molecule has 2 aromatic carbocycles. The van der Waals surface area contributed by atoms with Crippen LogP contribution in [0.3, 0.4) is 0 Å². The van der Waals surface area contributed by atoms with E-state index in [0.29, 0.717) is 23.0 Å². The molecule has 0 radical (unpaired) electrons. The first-order valence-corrected chi connectivity index (χ1v) is 8.09. The van der Waals surface area contributed by atoms with Gasteiger partial charge in [0, 0.05) is 17.1 Å². The van der Waals surface area contributed by atoms with E-state index in [0.717, 1.165) is 27.6 Å². The number of esters is 1. The number of ether oxygens (including phenoxy) is 1. The van der Waals surface area contributed by atoms with Crippen LogP contribution in [0.4, 0.5) is 0 Å². The van der Waals surface area contributed by atoms with Crippen molar-refractivity contribution in [3.63, 3.8) is 0 Å². The van der Waals surface area contributed by atoms with Crippen molar-refractivity contribution in [1.29, 1.82) is 0 Å². The fourth-order valence-electron chi connectivity index (χ4n) is 2.81. The third-order valence-electron chi connectivity index (χ3n) is 3.91. The minimum absolute atomic E-state index is 0.327. The molecule has 0 unspecified atom stereocenters. The number of nitrogens with zero attached hydrogens (tertiary/aromatic N) is 2. The Bertz CT molecular complexity index is 938. The smallest absolute Gasteiger partial charge is 0.338 e. The van der Waals surface area contributed by atoms with Crippen molar-refractivity contribution in [3.05, 3.63) is 58.2 Å². The Kier molecular flexibility index (Phi) is 4.49. The monoisotopic (exact) mass is 340 g/mol. The molecule has 0 spiro atoms. The first-order chi connectivity index (χ1) is 11.5. The fraction of sp³-hybridized carbons (Fsp3) is 0.211. The summed E-state index contributed by atoms with van der Waals surface area (Å²) >= 11 is 6.24. The van der Waals surface area contributed by atoms with E-state index in [1.165, 1.54) is 0 Å². The molecule has 0 saturated heterocycles. The van der Waals surface area contributed by atoms with E-state index >= 15 is 0 Å². The average molecular weight is 341 g/mol. The van der Waals surface area contributed by atoms with Crippen molar-refractivity contribution in [1.82, 2.24) is 9.97 Å². The molecule has 24 heavy (non-hydrogen) atoms. The summed E-state index contributed by atoms with van der Waals surface area (Å²) in [5, 5.41) is 1.47. The van der Waals surface area contributed by atoms with Gasteiger partial charge in [-0.1, -0.05) is 23.7 Å². The molecule has 1 heterocycles. The lowest BCUT2D eigenvalue weighted by Gasteiger charge is -2.12. The number of hydrogen-bond acceptors (Lipinski definition) is 4. The van der Waals surface area contributed by atoms with Gasteiger partial charge in [0.15, 0.2) is 5.82 Å². The highest BCUT2D eigenvalue weighted by Gasteiger charge is 2.18. The first-order valence-electron chi connectivity index (χ1n) is 7.72. The zero-order chi connectivity index (χ0) is 17.3. The maximum Gasteiger partial charge on any atom is 0.338 e. The van der Waals surface area contributed by atoms with E-state index in [1.807, 2.05) is 38.1 Å². The molecule has 0 aliphatic heterocycles. The van der Waals surface area contributed by atoms with E-state index in [-0.39, 0.29) is 5.97 Å². The second-order valence-corrected chi connectivity index (χ2v) is 5.93. The number of carbonyl (C=O) groups excluding carboxylic acids is 1. The molecule has 5 heteroatoms. The van der Waals surface area contributed by atoms with Crippen LogP contribution in [0, 0.1) is 13.8 Å². The third-order valence-corrected chi connectivity index (χ3v) is 4.24. The molecule has 0 amide bonds. The molecule has 0 fully saturated rings. The predicted octanol–water partition coefficient (Wildman–Crippen LogP) is 4.74. The molecule has 0 aliphatic carbocycles. The number of carbonyl (C=O) groups is 1. The van der Waals surface area contributed by atoms with Crippen LogP contribution in [-0.4, -0.2) is 22.5 Å². The minimum Gasteiger partial charge on any atom is -0.462 e. The normalized spacial score (nSPS) is 10.8. The molecule has 122 valence electrons. The zero-order valence-electron chi connectivity index (χ0n) is 13.8. The van der Waals surface area contributed by atoms with Gasteiger partial charge < -0.3 is 4.74 Å². The van der Waals surface area contributed by atoms with Crippen LogP contribution in [0.2, 0.25) is 5.02 Å². The van der Waals surface area contributed by atoms with Crippen molar-refractivity contribution in [2.45, 2.75) is 20.8 Å². The van der Waals surface area contributed by atoms with Crippen LogP contribution >= 0.6 is 11.6 Å². The van der Waals surface area contributed by atoms with E-state index < -0.39 is 0 Å². The minimum atomic E-state index is -0.327. The fourth-order valence-corrected chi connectivity index (χ4v) is 3.03. The van der Waals surface area contributed by atoms with Crippen molar-refractivity contribution in [2.24, 2.45) is 0 Å². The Hall–Kier alpha value is -2.46. The second kappa shape index (κ2) is 6.57. The number of benzene rings is 2. The van der Waals surface area contributed by atoms with E-state index in [2.05, 4.69) is 9.97 Å². The number of halogens is 1. The van der Waals surface area contributed by atoms with Crippen molar-refractivity contribution >= 4 is 28.5 Å². The summed E-state index contributed by atoms with van der Waals surface area (Å²) in [7, 11) is 0. The molecule has 0 N–H and O–H groups in total. The highest BCUT2D eigenvalue weighted by Crippen LogP contribution is 2.29. The highest BCUT2D eigenvalue weighted by molar-refractivity contribution is 6.33. The van der Waals surface area contributed by atoms with Gasteiger partial charge in [0.1, 0.15) is 0 Å². The largest absolute Gasteiger partial charge is 0.462 e. The quantitative estimate of drug-likeness (QED) is 0.646. The number of fused-ring (bicyclic) bond motifs is 1. The standard InChI is InChI=1S/C19H17ClN2O2/c1-4-24-19(23)16-11(2)9-13-10-21-18(22-17(13)12(16)3)14-7-5-6-8-15(14)20/h5-10H,4H2,1-3H3. The molecule has 1 aromatic heterocycles. The van der Waals surface area contributed by atoms with Gasteiger partial charge in [-0.25, -0.2) is 14.8 Å². The lowest BCUT2D eigenvalue weighted by atomic mass is 9.99. The Morgan fingerprint density at radius 1 is 1.25 bits per heavy atom. The molecular weight excluding hydrogens is 324 g/mol. The predicted molar refractivity (Wildman–Crippen MR) is 95.4 cm³/mol. The van der Waals surface area contributed by atoms with Crippen molar-refractivity contribution in [2.75, 3.05) is 6.61 Å². The van der Waals surface area contributed by atoms with Gasteiger partial charge in [0.25, 0.3) is 0 Å². The van der Waals surface area contributed by atoms with Crippen LogP contribution < -0.4 is 0 Å². The Balaban J connectivity index is 2.22. The maximum atomic E-state index is 12.3. The molecule has 3 aromatic rings. The van der Waals surface area contributed by atoms with Gasteiger partial charge in [-0.2, -0.15) is 0 Å². The van der Waals surface area contributed by atoms with Gasteiger partial charge in [-0.05, 0) is 50.1 Å². The van der Waals surface area contributed by atoms with Gasteiger partial charge >= 0.3 is 5.97 Å². The second-order valence-electron chi connectivity index (χ2n) is 5.53. The Morgan fingerprint density at radius 3 is 2.71 bits per heavy atom. The Morgan fingerprint density at radius 2 is 2.00 bits per heavy atom. The summed E-state index contributed by atoms with van der Waals surface area (Å²) in [4.78, 5) is 21.3. The zero-order valence-corrected chi connectivity index (χ0v) is 14.5. The van der Waals surface area contributed by atoms with Gasteiger partial charge in [-0.3, -0.25) is 0 Å². The molecule has 3 rings (SSSR count). The first kappa shape index (κ1) is 16.4. The summed E-state index contributed by atoms with van der Waals surface area (Å²) in [6.07, 6.45) is 1.76. The van der Waals surface area contributed by atoms with Gasteiger partial charge in [0.2, 0.25) is 0 Å². The van der Waals surface area contributed by atoms with E-state index in [9.17, 15) is 4.79 Å². The van der Waals surface area contributed by atoms with Crippen molar-refractivity contribution < 1.29 is 9.53 Å². The van der Waals surface area contributed by atoms with Crippen molar-refractivity contribution in [3.8, 4) is 11.4 Å². The van der Waals surface area contributed by atoms with Gasteiger partial charge in [0.05, 0.1) is 22.7 Å². The molecular formula is C19H17ClN2O2. The summed E-state index contributed by atoms with van der Waals surface area (Å²) in [6.45, 7) is 5.90. The average Bonchev–Trinajstić information content (AvgIpc) is 2.55. The molecule has 0 saturated carbocycles. The molecule has 0 aliphatic rings. The summed E-state index contributed by atoms with van der Waals surface area (Å²) in [5.74, 6) is 0.210. The van der Waals surface area contributed by atoms with Crippen LogP contribution in [0.25, 0.3) is 22.3 Å². The number of rotatable bonds is 3. The van der Waals surface area contributed by atoms with Crippen LogP contribution in [0.15, 0.2) is 36.5 Å². The van der Waals surface area contributed by atoms with Gasteiger partial charge in [-0.15, -0.1) is 0 Å². The van der Waals surface area contributed by atoms with E-state index in [1.54, 1.807) is 19.2 Å². The topological polar surface area (TPSA) is 52.1 Å². The Labute approximate surface area is 145 Å². The molecule has 4 nitrogen and oxygen atoms in total. The maximum absolute atomic E-state index is 12.3. The summed E-state index contributed by atoms with van der Waals surface area (Å²) in [6, 6.07) is 9.34. The van der Waals surface area contributed by atoms with Crippen LogP contribution in [0.5, 0.6) is 0 Å². The summed E-state index contributed by atoms with van der Waals surface area (Å²) in [5.41, 5.74) is 3.70. The lowest BCUT2D eigenvalue weighted by Crippen LogP contribution is -2.10. The number of aromatic nitrogens is 2. The molecule has 0 bridgehead atoms. The highest BCUT2D eigenvalue weighted by atomic mass is 35.5. The SMILES string of the molecule is CCOC(=O)c1c(C)cc2cnc(-c3ccccc3Cl)nc2c1C. The molecule has 0 atom stereocenters. The lowest BCUT2D eigenvalue weighted by molar-refractivity contribution is 0.0525. The number of hydrogen-bond donors (Lipinski definition) is 0. The number of aryl methyl sites for hydroxylation is 2. The third kappa shape index (κ3) is 2.85. The van der Waals surface area contributed by atoms with E-state index in [4.69, 9.17) is 16.3 Å². The van der Waals surface area contributed by atoms with Crippen LogP contribution in [-0.2, 0) is 4.74 Å².